The van der Waals surface area contributed by atoms with Crippen molar-refractivity contribution in [1.29, 1.82) is 0 Å². The summed E-state index contributed by atoms with van der Waals surface area (Å²) in [5.74, 6) is 0.107. The average molecular weight is 220 g/mol. The summed E-state index contributed by atoms with van der Waals surface area (Å²) in [4.78, 5) is 11.3. The highest BCUT2D eigenvalue weighted by Crippen LogP contribution is 2.40. The van der Waals surface area contributed by atoms with Crippen LogP contribution in [0, 0.1) is 0 Å². The van der Waals surface area contributed by atoms with Crippen LogP contribution in [0.25, 0.3) is 0 Å². The number of aliphatic hydroxyl groups excluding tert-OH is 1. The molecule has 1 fully saturated rings. The summed E-state index contributed by atoms with van der Waals surface area (Å²) in [5.41, 5.74) is 1.89. The molecule has 0 radical (unpaired) electrons. The van der Waals surface area contributed by atoms with Crippen LogP contribution in [0.15, 0.2) is 24.3 Å². The smallest absolute Gasteiger partial charge is 0.339 e. The zero-order valence-electron chi connectivity index (χ0n) is 9.35. The van der Waals surface area contributed by atoms with Gasteiger partial charge in [-0.1, -0.05) is 24.3 Å². The molecule has 0 bridgehead atoms. The third kappa shape index (κ3) is 2.42. The van der Waals surface area contributed by atoms with E-state index in [4.69, 9.17) is 4.74 Å². The normalized spacial score (nSPS) is 16.9. The Bertz CT molecular complexity index is 365. The van der Waals surface area contributed by atoms with Crippen molar-refractivity contribution in [3.05, 3.63) is 35.4 Å². The highest BCUT2D eigenvalue weighted by atomic mass is 16.5. The van der Waals surface area contributed by atoms with Crippen LogP contribution in [0.3, 0.4) is 0 Å². The van der Waals surface area contributed by atoms with Gasteiger partial charge < -0.3 is 9.84 Å². The van der Waals surface area contributed by atoms with Gasteiger partial charge in [0.05, 0.1) is 6.61 Å². The summed E-state index contributed by atoms with van der Waals surface area (Å²) in [6.07, 6.45) is 1.34. The molecule has 1 unspecified atom stereocenters. The van der Waals surface area contributed by atoms with E-state index in [9.17, 15) is 9.90 Å². The lowest BCUT2D eigenvalue weighted by molar-refractivity contribution is -0.153. The third-order valence-corrected chi connectivity index (χ3v) is 2.81. The number of hydrogen-bond donors (Lipinski definition) is 1. The van der Waals surface area contributed by atoms with Crippen molar-refractivity contribution in [2.24, 2.45) is 0 Å². The zero-order chi connectivity index (χ0) is 11.5. The largest absolute Gasteiger partial charge is 0.464 e. The topological polar surface area (TPSA) is 46.5 Å². The van der Waals surface area contributed by atoms with E-state index in [0.717, 1.165) is 0 Å². The van der Waals surface area contributed by atoms with Crippen molar-refractivity contribution in [3.8, 4) is 0 Å². The Morgan fingerprint density at radius 2 is 2.06 bits per heavy atom. The predicted octanol–water partition coefficient (Wildman–Crippen LogP) is 2.16. The number of carbonyl (C=O) groups is 1. The number of rotatable bonds is 4. The number of esters is 1. The molecule has 0 aliphatic heterocycles. The first kappa shape index (κ1) is 11.1. The van der Waals surface area contributed by atoms with Crippen LogP contribution in [0.2, 0.25) is 0 Å². The SMILES string of the molecule is CCOC(=O)C(O)c1ccc(C2CC2)cc1. The first-order valence-electron chi connectivity index (χ1n) is 5.67. The molecule has 1 atom stereocenters. The predicted molar refractivity (Wildman–Crippen MR) is 60.0 cm³/mol. The summed E-state index contributed by atoms with van der Waals surface area (Å²) in [5, 5.41) is 9.69. The molecule has 3 nitrogen and oxygen atoms in total. The Kier molecular flexibility index (Phi) is 3.25. The van der Waals surface area contributed by atoms with Crippen molar-refractivity contribution in [2.75, 3.05) is 6.61 Å². The summed E-state index contributed by atoms with van der Waals surface area (Å²) < 4.78 is 4.76. The van der Waals surface area contributed by atoms with Crippen LogP contribution >= 0.6 is 0 Å². The van der Waals surface area contributed by atoms with Crippen molar-refractivity contribution >= 4 is 5.97 Å². The molecule has 86 valence electrons. The molecule has 0 saturated heterocycles. The summed E-state index contributed by atoms with van der Waals surface area (Å²) in [6.45, 7) is 2.01. The molecule has 1 aliphatic carbocycles. The minimum atomic E-state index is -1.16. The summed E-state index contributed by atoms with van der Waals surface area (Å²) in [7, 11) is 0. The molecule has 1 saturated carbocycles. The second kappa shape index (κ2) is 4.66. The molecule has 0 spiro atoms. The van der Waals surface area contributed by atoms with Crippen LogP contribution in [0.5, 0.6) is 0 Å². The van der Waals surface area contributed by atoms with Gasteiger partial charge in [0, 0.05) is 0 Å². The fraction of sp³-hybridized carbons (Fsp3) is 0.462. The number of hydrogen-bond acceptors (Lipinski definition) is 3. The molecule has 2 rings (SSSR count). The van der Waals surface area contributed by atoms with Gasteiger partial charge in [0.25, 0.3) is 0 Å². The van der Waals surface area contributed by atoms with E-state index < -0.39 is 12.1 Å². The van der Waals surface area contributed by atoms with Gasteiger partial charge in [-0.05, 0) is 36.8 Å². The van der Waals surface area contributed by atoms with Gasteiger partial charge in [0.2, 0.25) is 0 Å². The fourth-order valence-corrected chi connectivity index (χ4v) is 1.72. The Morgan fingerprint density at radius 3 is 2.56 bits per heavy atom. The van der Waals surface area contributed by atoms with Gasteiger partial charge in [-0.15, -0.1) is 0 Å². The maximum Gasteiger partial charge on any atom is 0.339 e. The van der Waals surface area contributed by atoms with E-state index >= 15 is 0 Å². The van der Waals surface area contributed by atoms with Crippen LogP contribution in [0.4, 0.5) is 0 Å². The van der Waals surface area contributed by atoms with Gasteiger partial charge in [-0.25, -0.2) is 4.79 Å². The van der Waals surface area contributed by atoms with E-state index in [1.54, 1.807) is 19.1 Å². The van der Waals surface area contributed by atoms with Crippen LogP contribution in [0.1, 0.15) is 42.9 Å². The van der Waals surface area contributed by atoms with Crippen molar-refractivity contribution < 1.29 is 14.6 Å². The fourth-order valence-electron chi connectivity index (χ4n) is 1.72. The van der Waals surface area contributed by atoms with Crippen molar-refractivity contribution in [2.45, 2.75) is 31.8 Å². The van der Waals surface area contributed by atoms with E-state index in [1.807, 2.05) is 12.1 Å². The minimum Gasteiger partial charge on any atom is -0.464 e. The molecule has 0 amide bonds. The molecule has 1 aromatic carbocycles. The lowest BCUT2D eigenvalue weighted by atomic mass is 10.0. The Labute approximate surface area is 95.0 Å². The number of benzene rings is 1. The second-order valence-corrected chi connectivity index (χ2v) is 4.10. The molecule has 1 aromatic rings. The van der Waals surface area contributed by atoms with Crippen LogP contribution in [-0.4, -0.2) is 17.7 Å². The maximum absolute atomic E-state index is 11.3. The van der Waals surface area contributed by atoms with Crippen LogP contribution in [-0.2, 0) is 9.53 Å². The van der Waals surface area contributed by atoms with E-state index in [-0.39, 0.29) is 6.61 Å². The second-order valence-electron chi connectivity index (χ2n) is 4.10. The van der Waals surface area contributed by atoms with Crippen molar-refractivity contribution in [1.82, 2.24) is 0 Å². The van der Waals surface area contributed by atoms with Gasteiger partial charge in [0.15, 0.2) is 6.10 Å². The molecule has 16 heavy (non-hydrogen) atoms. The molecule has 0 heterocycles. The molecule has 0 aromatic heterocycles. The minimum absolute atomic E-state index is 0.288. The molecule has 1 aliphatic rings. The summed E-state index contributed by atoms with van der Waals surface area (Å²) in [6, 6.07) is 7.56. The lowest BCUT2D eigenvalue weighted by Crippen LogP contribution is -2.15. The number of aliphatic hydroxyl groups is 1. The Balaban J connectivity index is 2.05. The average Bonchev–Trinajstić information content (AvgIpc) is 3.12. The summed E-state index contributed by atoms with van der Waals surface area (Å²) >= 11 is 0. The van der Waals surface area contributed by atoms with Gasteiger partial charge in [-0.3, -0.25) is 0 Å². The van der Waals surface area contributed by atoms with Gasteiger partial charge >= 0.3 is 5.97 Å². The van der Waals surface area contributed by atoms with E-state index in [1.165, 1.54) is 18.4 Å². The first-order chi connectivity index (χ1) is 7.72. The third-order valence-electron chi connectivity index (χ3n) is 2.81. The number of carbonyl (C=O) groups excluding carboxylic acids is 1. The Morgan fingerprint density at radius 1 is 1.44 bits per heavy atom. The molecular weight excluding hydrogens is 204 g/mol. The van der Waals surface area contributed by atoms with Gasteiger partial charge in [0.1, 0.15) is 0 Å². The molecule has 3 heteroatoms. The molecular formula is C13H16O3. The Hall–Kier alpha value is -1.35. The molecule has 1 N–H and O–H groups in total. The highest BCUT2D eigenvalue weighted by molar-refractivity contribution is 5.76. The first-order valence-corrected chi connectivity index (χ1v) is 5.67. The van der Waals surface area contributed by atoms with Gasteiger partial charge in [-0.2, -0.15) is 0 Å². The monoisotopic (exact) mass is 220 g/mol. The zero-order valence-corrected chi connectivity index (χ0v) is 9.35. The number of ether oxygens (including phenoxy) is 1. The van der Waals surface area contributed by atoms with E-state index in [0.29, 0.717) is 11.5 Å². The highest BCUT2D eigenvalue weighted by Gasteiger charge is 2.24. The van der Waals surface area contributed by atoms with Crippen LogP contribution < -0.4 is 0 Å². The lowest BCUT2D eigenvalue weighted by Gasteiger charge is -2.10. The quantitative estimate of drug-likeness (QED) is 0.791. The maximum atomic E-state index is 11.3. The van der Waals surface area contributed by atoms with E-state index in [2.05, 4.69) is 0 Å². The standard InChI is InChI=1S/C13H16O3/c1-2-16-13(15)12(14)11-7-5-10(6-8-11)9-3-4-9/h5-9,12,14H,2-4H2,1H3. The van der Waals surface area contributed by atoms with Crippen molar-refractivity contribution in [3.63, 3.8) is 0 Å².